The lowest BCUT2D eigenvalue weighted by Gasteiger charge is -2.13. The predicted octanol–water partition coefficient (Wildman–Crippen LogP) is 1.38. The Hall–Kier alpha value is -0.920. The summed E-state index contributed by atoms with van der Waals surface area (Å²) in [5, 5.41) is 19.5. The van der Waals surface area contributed by atoms with E-state index < -0.39 is 18.4 Å². The summed E-state index contributed by atoms with van der Waals surface area (Å²) in [6.45, 7) is -0.237. The third-order valence-corrected chi connectivity index (χ3v) is 3.63. The molecule has 19 heavy (non-hydrogen) atoms. The number of pyridine rings is 1. The van der Waals surface area contributed by atoms with E-state index in [1.165, 1.54) is 12.4 Å². The predicted molar refractivity (Wildman–Crippen MR) is 69.2 cm³/mol. The first kappa shape index (κ1) is 13.1. The molecule has 8 heteroatoms. The van der Waals surface area contributed by atoms with E-state index >= 15 is 0 Å². The van der Waals surface area contributed by atoms with Gasteiger partial charge in [-0.25, -0.2) is 9.97 Å². The largest absolute Gasteiger partial charge is 0.394 e. The molecule has 0 spiro atoms. The number of nitrogens with zero attached hydrogens (tertiary/aromatic N) is 3. The minimum absolute atomic E-state index is 0.237. The van der Waals surface area contributed by atoms with Gasteiger partial charge in [0.25, 0.3) is 0 Å². The van der Waals surface area contributed by atoms with Crippen LogP contribution in [0.5, 0.6) is 0 Å². The number of aliphatic hydroxyl groups excluding tert-OH is 2. The average Bonchev–Trinajstić information content (AvgIpc) is 2.92. The van der Waals surface area contributed by atoms with Crippen molar-refractivity contribution < 1.29 is 14.9 Å². The summed E-state index contributed by atoms with van der Waals surface area (Å²) in [6.07, 6.45) is 0.123. The molecule has 2 N–H and O–H groups in total. The van der Waals surface area contributed by atoms with E-state index in [1.807, 2.05) is 0 Å². The molecule has 0 unspecified atom stereocenters. The number of imidazole rings is 1. The first-order valence-corrected chi connectivity index (χ1v) is 6.48. The number of rotatable bonds is 2. The highest BCUT2D eigenvalue weighted by atomic mass is 35.5. The molecule has 3 atom stereocenters. The Morgan fingerprint density at radius 3 is 2.95 bits per heavy atom. The summed E-state index contributed by atoms with van der Waals surface area (Å²) in [7, 11) is 0. The van der Waals surface area contributed by atoms with Gasteiger partial charge in [0.15, 0.2) is 5.65 Å². The second-order valence-corrected chi connectivity index (χ2v) is 5.16. The fraction of sp³-hybridized carbons (Fsp3) is 0.455. The summed E-state index contributed by atoms with van der Waals surface area (Å²) in [5.74, 6) is 0. The van der Waals surface area contributed by atoms with Crippen LogP contribution in [-0.2, 0) is 4.74 Å². The van der Waals surface area contributed by atoms with E-state index in [1.54, 1.807) is 4.57 Å². The van der Waals surface area contributed by atoms with Crippen LogP contribution < -0.4 is 0 Å². The monoisotopic (exact) mass is 303 g/mol. The van der Waals surface area contributed by atoms with Crippen molar-refractivity contribution in [1.29, 1.82) is 0 Å². The number of hydrogen-bond donors (Lipinski definition) is 2. The summed E-state index contributed by atoms with van der Waals surface area (Å²) in [5.41, 5.74) is 1.02. The molecular weight excluding hydrogens is 293 g/mol. The summed E-state index contributed by atoms with van der Waals surface area (Å²) in [6, 6.07) is 1.52. The fourth-order valence-corrected chi connectivity index (χ4v) is 2.68. The summed E-state index contributed by atoms with van der Waals surface area (Å²) in [4.78, 5) is 8.34. The maximum atomic E-state index is 9.75. The molecule has 6 nitrogen and oxygen atoms in total. The average molecular weight is 304 g/mol. The van der Waals surface area contributed by atoms with Crippen LogP contribution in [0.4, 0.5) is 0 Å². The van der Waals surface area contributed by atoms with Crippen LogP contribution in [0, 0.1) is 0 Å². The molecule has 0 radical (unpaired) electrons. The Morgan fingerprint density at radius 2 is 2.26 bits per heavy atom. The lowest BCUT2D eigenvalue weighted by molar-refractivity contribution is -0.0432. The molecule has 0 amide bonds. The van der Waals surface area contributed by atoms with E-state index in [0.29, 0.717) is 22.6 Å². The molecule has 3 heterocycles. The molecule has 1 fully saturated rings. The smallest absolute Gasteiger partial charge is 0.165 e. The quantitative estimate of drug-likeness (QED) is 0.819. The number of aromatic nitrogens is 3. The van der Waals surface area contributed by atoms with Crippen molar-refractivity contribution in [3.63, 3.8) is 0 Å². The van der Waals surface area contributed by atoms with Gasteiger partial charge in [-0.15, -0.1) is 0 Å². The topological polar surface area (TPSA) is 80.4 Å². The van der Waals surface area contributed by atoms with Crippen molar-refractivity contribution in [2.24, 2.45) is 0 Å². The molecule has 0 saturated carbocycles. The first-order valence-electron chi connectivity index (χ1n) is 5.73. The minimum atomic E-state index is -0.720. The van der Waals surface area contributed by atoms with E-state index in [4.69, 9.17) is 33.0 Å². The van der Waals surface area contributed by atoms with Crippen LogP contribution >= 0.6 is 23.2 Å². The van der Waals surface area contributed by atoms with Crippen molar-refractivity contribution in [3.05, 3.63) is 22.6 Å². The first-order chi connectivity index (χ1) is 9.10. The van der Waals surface area contributed by atoms with Crippen LogP contribution in [0.15, 0.2) is 12.4 Å². The molecule has 1 aliphatic rings. The van der Waals surface area contributed by atoms with Gasteiger partial charge < -0.3 is 14.9 Å². The minimum Gasteiger partial charge on any atom is -0.394 e. The van der Waals surface area contributed by atoms with Gasteiger partial charge in [-0.1, -0.05) is 23.2 Å². The molecule has 0 aromatic carbocycles. The van der Waals surface area contributed by atoms with E-state index in [0.717, 1.165) is 0 Å². The van der Waals surface area contributed by atoms with E-state index in [-0.39, 0.29) is 11.8 Å². The van der Waals surface area contributed by atoms with Crippen LogP contribution in [0.1, 0.15) is 12.6 Å². The Balaban J connectivity index is 2.02. The molecule has 2 aromatic heterocycles. The number of halogens is 2. The second-order valence-electron chi connectivity index (χ2n) is 4.37. The van der Waals surface area contributed by atoms with Gasteiger partial charge in [-0.05, 0) is 6.07 Å². The molecular formula is C11H11Cl2N3O3. The van der Waals surface area contributed by atoms with Gasteiger partial charge >= 0.3 is 0 Å². The highest BCUT2D eigenvalue weighted by Gasteiger charge is 2.35. The highest BCUT2D eigenvalue weighted by Crippen LogP contribution is 2.32. The lowest BCUT2D eigenvalue weighted by Crippen LogP contribution is -2.24. The molecule has 3 rings (SSSR count). The Labute approximate surface area is 118 Å². The van der Waals surface area contributed by atoms with Gasteiger partial charge in [-0.3, -0.25) is 4.57 Å². The molecule has 1 saturated heterocycles. The van der Waals surface area contributed by atoms with Crippen LogP contribution in [-0.4, -0.2) is 43.6 Å². The number of hydrogen-bond acceptors (Lipinski definition) is 5. The van der Waals surface area contributed by atoms with Crippen LogP contribution in [0.3, 0.4) is 0 Å². The van der Waals surface area contributed by atoms with E-state index in [2.05, 4.69) is 9.97 Å². The number of fused-ring (bicyclic) bond motifs is 1. The zero-order valence-corrected chi connectivity index (χ0v) is 11.2. The van der Waals surface area contributed by atoms with Crippen molar-refractivity contribution in [1.82, 2.24) is 14.5 Å². The Morgan fingerprint density at radius 1 is 1.47 bits per heavy atom. The van der Waals surface area contributed by atoms with Crippen LogP contribution in [0.2, 0.25) is 10.2 Å². The number of ether oxygens (including phenoxy) is 1. The second kappa shape index (κ2) is 4.88. The molecule has 102 valence electrons. The maximum Gasteiger partial charge on any atom is 0.165 e. The molecule has 0 aliphatic carbocycles. The standard InChI is InChI=1S/C11H11Cl2N3O3/c12-5-1-8(13)15-11-10(5)14-4-16(11)9-2-6(18)7(3-17)19-9/h1,4,6-7,9,17-18H,2-3H2/t6-,7+,9+/m0/s1. The van der Waals surface area contributed by atoms with Gasteiger partial charge in [0.2, 0.25) is 0 Å². The van der Waals surface area contributed by atoms with Gasteiger partial charge in [0.1, 0.15) is 23.0 Å². The highest BCUT2D eigenvalue weighted by molar-refractivity contribution is 6.37. The fourth-order valence-electron chi connectivity index (χ4n) is 2.20. The van der Waals surface area contributed by atoms with Crippen molar-refractivity contribution >= 4 is 34.4 Å². The molecule has 0 bridgehead atoms. The van der Waals surface area contributed by atoms with Crippen molar-refractivity contribution in [2.45, 2.75) is 24.9 Å². The van der Waals surface area contributed by atoms with Crippen LogP contribution in [0.25, 0.3) is 11.2 Å². The summed E-state index contributed by atoms with van der Waals surface area (Å²) >= 11 is 11.9. The van der Waals surface area contributed by atoms with Gasteiger partial charge in [0, 0.05) is 6.42 Å². The molecule has 2 aromatic rings. The third kappa shape index (κ3) is 2.19. The third-order valence-electron chi connectivity index (χ3n) is 3.15. The van der Waals surface area contributed by atoms with Gasteiger partial charge in [0.05, 0.1) is 24.1 Å². The number of aliphatic hydroxyl groups is 2. The Kier molecular flexibility index (Phi) is 3.36. The summed E-state index contributed by atoms with van der Waals surface area (Å²) < 4.78 is 7.21. The Bertz CT molecular complexity index is 618. The SMILES string of the molecule is OC[C@H]1O[C@@H](n2cnc3c(Cl)cc(Cl)nc32)C[C@@H]1O. The maximum absolute atomic E-state index is 9.75. The zero-order valence-electron chi connectivity index (χ0n) is 9.70. The van der Waals surface area contributed by atoms with Gasteiger partial charge in [-0.2, -0.15) is 0 Å². The van der Waals surface area contributed by atoms with E-state index in [9.17, 15) is 5.11 Å². The van der Waals surface area contributed by atoms with Crippen molar-refractivity contribution in [2.75, 3.05) is 6.61 Å². The zero-order chi connectivity index (χ0) is 13.6. The molecule has 1 aliphatic heterocycles. The van der Waals surface area contributed by atoms with Crippen molar-refractivity contribution in [3.8, 4) is 0 Å². The lowest BCUT2D eigenvalue weighted by atomic mass is 10.2. The normalized spacial score (nSPS) is 27.3.